The number of hydrogen-bond donors (Lipinski definition) is 1. The fraction of sp³-hybridized carbons (Fsp3) is 0.0800. The largest absolute Gasteiger partial charge is 0.504 e. The molecule has 0 atom stereocenters. The van der Waals surface area contributed by atoms with Crippen LogP contribution in [0.2, 0.25) is 0 Å². The van der Waals surface area contributed by atoms with Crippen molar-refractivity contribution in [3.8, 4) is 28.4 Å². The van der Waals surface area contributed by atoms with Crippen molar-refractivity contribution >= 4 is 11.9 Å². The van der Waals surface area contributed by atoms with Gasteiger partial charge in [0.15, 0.2) is 17.3 Å². The van der Waals surface area contributed by atoms with E-state index in [0.717, 1.165) is 22.5 Å². The zero-order valence-corrected chi connectivity index (χ0v) is 17.2. The lowest BCUT2D eigenvalue weighted by Crippen LogP contribution is -1.99. The Balaban J connectivity index is 1.54. The second kappa shape index (κ2) is 8.67. The van der Waals surface area contributed by atoms with E-state index in [9.17, 15) is 9.90 Å². The van der Waals surface area contributed by atoms with Gasteiger partial charge in [0.05, 0.1) is 19.0 Å². The molecule has 0 radical (unpaired) electrons. The number of phenols is 1. The van der Waals surface area contributed by atoms with E-state index in [-0.39, 0.29) is 11.5 Å². The van der Waals surface area contributed by atoms with Crippen LogP contribution in [-0.2, 0) is 0 Å². The number of aromatic hydroxyl groups is 1. The van der Waals surface area contributed by atoms with Crippen LogP contribution in [0.25, 0.3) is 23.0 Å². The molecule has 0 aliphatic carbocycles. The molecule has 6 heteroatoms. The van der Waals surface area contributed by atoms with Crippen LogP contribution in [0.1, 0.15) is 21.5 Å². The molecule has 0 aliphatic rings. The minimum Gasteiger partial charge on any atom is -0.504 e. The second-order valence-electron chi connectivity index (χ2n) is 7.09. The van der Waals surface area contributed by atoms with Crippen molar-refractivity contribution in [3.63, 3.8) is 0 Å². The van der Waals surface area contributed by atoms with Crippen LogP contribution in [0, 0.1) is 6.92 Å². The zero-order chi connectivity index (χ0) is 21.8. The predicted molar refractivity (Wildman–Crippen MR) is 120 cm³/mol. The van der Waals surface area contributed by atoms with Gasteiger partial charge in [-0.3, -0.25) is 4.79 Å². The molecular formula is C25H21N3O3. The third-order valence-corrected chi connectivity index (χ3v) is 4.87. The Labute approximate surface area is 180 Å². The van der Waals surface area contributed by atoms with Crippen molar-refractivity contribution in [2.45, 2.75) is 6.92 Å². The predicted octanol–water partition coefficient (Wildman–Crippen LogP) is 4.85. The lowest BCUT2D eigenvalue weighted by molar-refractivity contribution is 0.104. The summed E-state index contributed by atoms with van der Waals surface area (Å²) in [6.45, 7) is 2.04. The molecule has 154 valence electrons. The molecule has 1 aromatic heterocycles. The van der Waals surface area contributed by atoms with Crippen molar-refractivity contribution in [1.82, 2.24) is 15.0 Å². The van der Waals surface area contributed by atoms with E-state index in [2.05, 4.69) is 10.3 Å². The summed E-state index contributed by atoms with van der Waals surface area (Å²) in [6, 6.07) is 20.2. The summed E-state index contributed by atoms with van der Waals surface area (Å²) in [5, 5.41) is 18.1. The van der Waals surface area contributed by atoms with E-state index in [0.29, 0.717) is 11.3 Å². The van der Waals surface area contributed by atoms with Crippen LogP contribution < -0.4 is 4.74 Å². The lowest BCUT2D eigenvalue weighted by Gasteiger charge is -2.04. The van der Waals surface area contributed by atoms with Gasteiger partial charge in [0.1, 0.15) is 5.69 Å². The van der Waals surface area contributed by atoms with E-state index in [4.69, 9.17) is 4.74 Å². The Morgan fingerprint density at radius 1 is 1.06 bits per heavy atom. The van der Waals surface area contributed by atoms with Gasteiger partial charge in [-0.05, 0) is 42.8 Å². The molecule has 0 fully saturated rings. The highest BCUT2D eigenvalue weighted by Crippen LogP contribution is 2.27. The molecule has 1 heterocycles. The van der Waals surface area contributed by atoms with E-state index in [1.54, 1.807) is 35.0 Å². The lowest BCUT2D eigenvalue weighted by atomic mass is 10.1. The normalized spacial score (nSPS) is 11.0. The maximum atomic E-state index is 12.7. The molecule has 1 N–H and O–H groups in total. The SMILES string of the molecule is COc1cc(/C=C/C(=O)c2cccc(-n3cc(-c4ccc(C)cc4)nn3)c2)ccc1O. The Morgan fingerprint density at radius 3 is 2.65 bits per heavy atom. The van der Waals surface area contributed by atoms with E-state index in [1.165, 1.54) is 24.8 Å². The van der Waals surface area contributed by atoms with Gasteiger partial charge >= 0.3 is 0 Å². The number of nitrogens with zero attached hydrogens (tertiary/aromatic N) is 3. The Kier molecular flexibility index (Phi) is 5.62. The van der Waals surface area contributed by atoms with Gasteiger partial charge in [-0.2, -0.15) is 0 Å². The summed E-state index contributed by atoms with van der Waals surface area (Å²) in [4.78, 5) is 12.7. The average molecular weight is 411 g/mol. The second-order valence-corrected chi connectivity index (χ2v) is 7.09. The molecule has 0 aliphatic heterocycles. The number of ketones is 1. The number of aryl methyl sites for hydroxylation is 1. The van der Waals surface area contributed by atoms with Crippen molar-refractivity contribution in [2.24, 2.45) is 0 Å². The summed E-state index contributed by atoms with van der Waals surface area (Å²) >= 11 is 0. The standard InChI is InChI=1S/C25H21N3O3/c1-17-6-10-19(11-7-17)22-16-28(27-26-22)21-5-3-4-20(15-21)23(29)12-8-18-9-13-24(30)25(14-18)31-2/h3-16,30H,1-2H3/b12-8+. The Bertz CT molecular complexity index is 1260. The fourth-order valence-corrected chi connectivity index (χ4v) is 3.11. The number of rotatable bonds is 6. The molecule has 4 aromatic rings. The van der Waals surface area contributed by atoms with Gasteiger partial charge in [-0.1, -0.05) is 59.3 Å². The first-order valence-electron chi connectivity index (χ1n) is 9.73. The highest BCUT2D eigenvalue weighted by molar-refractivity contribution is 6.07. The molecule has 0 saturated carbocycles. The number of phenolic OH excluding ortho intramolecular Hbond substituents is 1. The van der Waals surface area contributed by atoms with E-state index >= 15 is 0 Å². The summed E-state index contributed by atoms with van der Waals surface area (Å²) in [5.41, 5.74) is 4.96. The van der Waals surface area contributed by atoms with Crippen molar-refractivity contribution < 1.29 is 14.6 Å². The van der Waals surface area contributed by atoms with Crippen LogP contribution in [0.4, 0.5) is 0 Å². The van der Waals surface area contributed by atoms with E-state index in [1.807, 2.05) is 49.5 Å². The average Bonchev–Trinajstić information content (AvgIpc) is 3.29. The molecule has 3 aromatic carbocycles. The van der Waals surface area contributed by atoms with Gasteiger partial charge in [0.2, 0.25) is 0 Å². The van der Waals surface area contributed by atoms with Crippen molar-refractivity contribution in [1.29, 1.82) is 0 Å². The Hall–Kier alpha value is -4.19. The number of hydrogen-bond acceptors (Lipinski definition) is 5. The van der Waals surface area contributed by atoms with Gasteiger partial charge < -0.3 is 9.84 Å². The van der Waals surface area contributed by atoms with Crippen LogP contribution in [0.15, 0.2) is 79.0 Å². The highest BCUT2D eigenvalue weighted by atomic mass is 16.5. The van der Waals surface area contributed by atoms with Crippen LogP contribution >= 0.6 is 0 Å². The minimum atomic E-state index is -0.146. The molecular weight excluding hydrogens is 390 g/mol. The first kappa shape index (κ1) is 20.1. The maximum Gasteiger partial charge on any atom is 0.185 e. The molecule has 4 rings (SSSR count). The van der Waals surface area contributed by atoms with Crippen LogP contribution in [0.5, 0.6) is 11.5 Å². The molecule has 0 amide bonds. The summed E-state index contributed by atoms with van der Waals surface area (Å²) in [5.74, 6) is 0.261. The third-order valence-electron chi connectivity index (χ3n) is 4.87. The molecule has 31 heavy (non-hydrogen) atoms. The first-order valence-corrected chi connectivity index (χ1v) is 9.73. The number of benzene rings is 3. The van der Waals surface area contributed by atoms with Gasteiger partial charge in [0, 0.05) is 11.1 Å². The van der Waals surface area contributed by atoms with Gasteiger partial charge in [-0.15, -0.1) is 5.10 Å². The van der Waals surface area contributed by atoms with Crippen LogP contribution in [0.3, 0.4) is 0 Å². The fourth-order valence-electron chi connectivity index (χ4n) is 3.11. The quantitative estimate of drug-likeness (QED) is 0.362. The molecule has 0 bridgehead atoms. The molecule has 0 spiro atoms. The monoisotopic (exact) mass is 411 g/mol. The smallest absolute Gasteiger partial charge is 0.185 e. The Morgan fingerprint density at radius 2 is 1.87 bits per heavy atom. The molecule has 6 nitrogen and oxygen atoms in total. The third kappa shape index (κ3) is 4.53. The summed E-state index contributed by atoms with van der Waals surface area (Å²) in [6.07, 6.45) is 5.01. The number of carbonyl (C=O) groups is 1. The van der Waals surface area contributed by atoms with Crippen molar-refractivity contribution in [2.75, 3.05) is 7.11 Å². The van der Waals surface area contributed by atoms with Gasteiger partial charge in [0.25, 0.3) is 0 Å². The summed E-state index contributed by atoms with van der Waals surface area (Å²) in [7, 11) is 1.48. The minimum absolute atomic E-state index is 0.0523. The van der Waals surface area contributed by atoms with Crippen molar-refractivity contribution in [3.05, 3.63) is 95.7 Å². The highest BCUT2D eigenvalue weighted by Gasteiger charge is 2.08. The van der Waals surface area contributed by atoms with Gasteiger partial charge in [-0.25, -0.2) is 4.68 Å². The van der Waals surface area contributed by atoms with E-state index < -0.39 is 0 Å². The molecule has 0 saturated heterocycles. The number of ether oxygens (including phenoxy) is 1. The number of aromatic nitrogens is 3. The topological polar surface area (TPSA) is 77.2 Å². The maximum absolute atomic E-state index is 12.7. The number of carbonyl (C=O) groups excluding carboxylic acids is 1. The molecule has 0 unspecified atom stereocenters. The first-order chi connectivity index (χ1) is 15.0. The number of methoxy groups -OCH3 is 1. The van der Waals surface area contributed by atoms with Crippen LogP contribution in [-0.4, -0.2) is 33.0 Å². The summed E-state index contributed by atoms with van der Waals surface area (Å²) < 4.78 is 6.75. The number of allylic oxidation sites excluding steroid dienone is 1. The zero-order valence-electron chi connectivity index (χ0n) is 17.2.